The maximum atomic E-state index is 8.64. The summed E-state index contributed by atoms with van der Waals surface area (Å²) in [6.45, 7) is 2.76. The summed E-state index contributed by atoms with van der Waals surface area (Å²) in [4.78, 5) is 3.88. The van der Waals surface area contributed by atoms with Gasteiger partial charge in [0.1, 0.15) is 5.75 Å². The number of aliphatic hydroxyl groups is 1. The molecule has 0 aliphatic carbocycles. The summed E-state index contributed by atoms with van der Waals surface area (Å²) in [6, 6.07) is 11.3. The molecule has 0 unspecified atom stereocenters. The van der Waals surface area contributed by atoms with Crippen molar-refractivity contribution in [1.29, 1.82) is 0 Å². The largest absolute Gasteiger partial charge is 0.492 e. The van der Waals surface area contributed by atoms with Crippen LogP contribution in [-0.2, 0) is 6.61 Å². The average Bonchev–Trinajstić information content (AvgIpc) is 2.41. The Morgan fingerprint density at radius 2 is 2.11 bits per heavy atom. The van der Waals surface area contributed by atoms with E-state index in [1.54, 1.807) is 12.4 Å². The molecule has 1 N–H and O–H groups in total. The van der Waals surface area contributed by atoms with Gasteiger partial charge in [-0.05, 0) is 36.8 Å². The smallest absolute Gasteiger partial charge is 0.137 e. The number of ether oxygens (including phenoxy) is 1. The number of rotatable bonds is 3. The highest BCUT2D eigenvalue weighted by Crippen LogP contribution is 2.10. The number of aliphatic hydroxyl groups excluding tert-OH is 1. The van der Waals surface area contributed by atoms with Gasteiger partial charge in [-0.3, -0.25) is 4.98 Å². The van der Waals surface area contributed by atoms with Crippen molar-refractivity contribution in [2.75, 3.05) is 6.61 Å². The van der Waals surface area contributed by atoms with E-state index in [1.807, 2.05) is 43.3 Å². The molecular formula is C14H16BrNO2. The van der Waals surface area contributed by atoms with Crippen molar-refractivity contribution < 1.29 is 9.84 Å². The van der Waals surface area contributed by atoms with Gasteiger partial charge in [-0.1, -0.05) is 28.1 Å². The molecule has 1 aromatic heterocycles. The summed E-state index contributed by atoms with van der Waals surface area (Å²) in [5, 5.41) is 8.64. The Balaban J connectivity index is 0.000000180. The Labute approximate surface area is 116 Å². The zero-order valence-corrected chi connectivity index (χ0v) is 11.8. The number of pyridine rings is 1. The van der Waals surface area contributed by atoms with Crippen molar-refractivity contribution in [3.05, 3.63) is 58.8 Å². The molecule has 0 spiro atoms. The number of benzene rings is 1. The van der Waals surface area contributed by atoms with Gasteiger partial charge in [-0.25, -0.2) is 0 Å². The molecule has 2 aromatic rings. The van der Waals surface area contributed by atoms with Crippen molar-refractivity contribution in [2.24, 2.45) is 0 Å². The van der Waals surface area contributed by atoms with E-state index in [4.69, 9.17) is 9.84 Å². The summed E-state index contributed by atoms with van der Waals surface area (Å²) in [6.07, 6.45) is 3.42. The van der Waals surface area contributed by atoms with E-state index in [2.05, 4.69) is 20.9 Å². The van der Waals surface area contributed by atoms with Gasteiger partial charge in [0, 0.05) is 10.7 Å². The van der Waals surface area contributed by atoms with Crippen LogP contribution in [0.2, 0.25) is 0 Å². The Kier molecular flexibility index (Phi) is 7.06. The summed E-state index contributed by atoms with van der Waals surface area (Å²) in [5.41, 5.74) is 0.935. The lowest BCUT2D eigenvalue weighted by Gasteiger charge is -1.98. The number of aromatic nitrogens is 1. The Bertz CT molecular complexity index is 449. The van der Waals surface area contributed by atoms with Crippen LogP contribution in [0, 0.1) is 0 Å². The highest BCUT2D eigenvalue weighted by molar-refractivity contribution is 9.10. The third-order valence-electron chi connectivity index (χ3n) is 2.02. The monoisotopic (exact) mass is 309 g/mol. The highest BCUT2D eigenvalue weighted by atomic mass is 79.9. The minimum Gasteiger partial charge on any atom is -0.492 e. The van der Waals surface area contributed by atoms with Crippen molar-refractivity contribution in [2.45, 2.75) is 13.5 Å². The van der Waals surface area contributed by atoms with Crippen LogP contribution >= 0.6 is 15.9 Å². The molecule has 0 bridgehead atoms. The molecular weight excluding hydrogens is 294 g/mol. The lowest BCUT2D eigenvalue weighted by Crippen LogP contribution is -1.90. The van der Waals surface area contributed by atoms with E-state index in [0.717, 1.165) is 15.8 Å². The first-order valence-corrected chi connectivity index (χ1v) is 6.43. The SMILES string of the molecule is CCOc1cccnc1.OCc1cccc(Br)c1. The van der Waals surface area contributed by atoms with Gasteiger partial charge in [-0.15, -0.1) is 0 Å². The fraction of sp³-hybridized carbons (Fsp3) is 0.214. The normalized spacial score (nSPS) is 9.28. The standard InChI is InChI=1S/C7H7BrO.C7H9NO/c8-7-3-1-2-6(4-7)5-9;1-2-9-7-4-3-5-8-6-7/h1-4,9H,5H2;3-6H,2H2,1H3. The van der Waals surface area contributed by atoms with Crippen molar-refractivity contribution in [1.82, 2.24) is 4.98 Å². The van der Waals surface area contributed by atoms with Crippen molar-refractivity contribution in [3.8, 4) is 5.75 Å². The molecule has 0 aliphatic heterocycles. The first kappa shape index (κ1) is 14.7. The molecule has 3 nitrogen and oxygen atoms in total. The van der Waals surface area contributed by atoms with Crippen LogP contribution in [0.3, 0.4) is 0 Å². The Hall–Kier alpha value is -1.39. The highest BCUT2D eigenvalue weighted by Gasteiger charge is 1.88. The first-order valence-electron chi connectivity index (χ1n) is 5.64. The van der Waals surface area contributed by atoms with Gasteiger partial charge in [0.2, 0.25) is 0 Å². The molecule has 0 amide bonds. The van der Waals surface area contributed by atoms with E-state index < -0.39 is 0 Å². The predicted octanol–water partition coefficient (Wildman–Crippen LogP) is 3.42. The molecule has 0 aliphatic rings. The van der Waals surface area contributed by atoms with Gasteiger partial charge < -0.3 is 9.84 Å². The first-order chi connectivity index (χ1) is 8.76. The van der Waals surface area contributed by atoms with Crippen LogP contribution < -0.4 is 4.74 Å². The molecule has 0 radical (unpaired) electrons. The molecule has 0 saturated carbocycles. The van der Waals surface area contributed by atoms with E-state index in [-0.39, 0.29) is 6.61 Å². The van der Waals surface area contributed by atoms with E-state index in [1.165, 1.54) is 0 Å². The molecule has 96 valence electrons. The Morgan fingerprint density at radius 1 is 1.28 bits per heavy atom. The maximum absolute atomic E-state index is 8.64. The second-order valence-corrected chi connectivity index (χ2v) is 4.33. The van der Waals surface area contributed by atoms with Crippen molar-refractivity contribution >= 4 is 15.9 Å². The predicted molar refractivity (Wildman–Crippen MR) is 75.5 cm³/mol. The third-order valence-corrected chi connectivity index (χ3v) is 2.51. The minimum absolute atomic E-state index is 0.111. The summed E-state index contributed by atoms with van der Waals surface area (Å²) in [5.74, 6) is 0.833. The third kappa shape index (κ3) is 5.80. The lowest BCUT2D eigenvalue weighted by molar-refractivity contribution is 0.282. The van der Waals surface area contributed by atoms with E-state index in [0.29, 0.717) is 6.61 Å². The average molecular weight is 310 g/mol. The molecule has 1 heterocycles. The van der Waals surface area contributed by atoms with Crippen LogP contribution in [-0.4, -0.2) is 16.7 Å². The number of nitrogens with zero attached hydrogens (tertiary/aromatic N) is 1. The molecule has 0 atom stereocenters. The summed E-state index contributed by atoms with van der Waals surface area (Å²) < 4.78 is 6.15. The number of hydrogen-bond donors (Lipinski definition) is 1. The topological polar surface area (TPSA) is 42.4 Å². The molecule has 0 saturated heterocycles. The van der Waals surface area contributed by atoms with Gasteiger partial charge in [0.05, 0.1) is 19.4 Å². The van der Waals surface area contributed by atoms with Crippen LogP contribution in [0.25, 0.3) is 0 Å². The van der Waals surface area contributed by atoms with Gasteiger partial charge >= 0.3 is 0 Å². The van der Waals surface area contributed by atoms with Crippen molar-refractivity contribution in [3.63, 3.8) is 0 Å². The number of halogens is 1. The summed E-state index contributed by atoms with van der Waals surface area (Å²) >= 11 is 3.29. The van der Waals surface area contributed by atoms with E-state index in [9.17, 15) is 0 Å². The second kappa shape index (κ2) is 8.66. The maximum Gasteiger partial charge on any atom is 0.137 e. The Morgan fingerprint density at radius 3 is 2.61 bits per heavy atom. The fourth-order valence-corrected chi connectivity index (χ4v) is 1.68. The fourth-order valence-electron chi connectivity index (χ4n) is 1.23. The molecule has 18 heavy (non-hydrogen) atoms. The number of hydrogen-bond acceptors (Lipinski definition) is 3. The van der Waals surface area contributed by atoms with Crippen LogP contribution in [0.1, 0.15) is 12.5 Å². The van der Waals surface area contributed by atoms with E-state index >= 15 is 0 Å². The quantitative estimate of drug-likeness (QED) is 0.944. The van der Waals surface area contributed by atoms with Gasteiger partial charge in [0.15, 0.2) is 0 Å². The van der Waals surface area contributed by atoms with Gasteiger partial charge in [-0.2, -0.15) is 0 Å². The molecule has 1 aromatic carbocycles. The van der Waals surface area contributed by atoms with Gasteiger partial charge in [0.25, 0.3) is 0 Å². The van der Waals surface area contributed by atoms with Crippen LogP contribution in [0.5, 0.6) is 5.75 Å². The minimum atomic E-state index is 0.111. The summed E-state index contributed by atoms with van der Waals surface area (Å²) in [7, 11) is 0. The van der Waals surface area contributed by atoms with Crippen LogP contribution in [0.15, 0.2) is 53.3 Å². The lowest BCUT2D eigenvalue weighted by atomic mass is 10.2. The second-order valence-electron chi connectivity index (χ2n) is 3.41. The zero-order chi connectivity index (χ0) is 13.2. The zero-order valence-electron chi connectivity index (χ0n) is 10.2. The molecule has 0 fully saturated rings. The molecule has 2 rings (SSSR count). The molecule has 4 heteroatoms. The van der Waals surface area contributed by atoms with Crippen LogP contribution in [0.4, 0.5) is 0 Å².